The Hall–Kier alpha value is -3.06. The lowest BCUT2D eigenvalue weighted by atomic mass is 9.94. The summed E-state index contributed by atoms with van der Waals surface area (Å²) in [5, 5.41) is 23.8. The Morgan fingerprint density at radius 2 is 1.69 bits per heavy atom. The van der Waals surface area contributed by atoms with Gasteiger partial charge in [0.2, 0.25) is 0 Å². The van der Waals surface area contributed by atoms with Crippen LogP contribution in [0.15, 0.2) is 42.5 Å². The van der Waals surface area contributed by atoms with E-state index in [-0.39, 0.29) is 34.9 Å². The maximum absolute atomic E-state index is 13.1. The van der Waals surface area contributed by atoms with Gasteiger partial charge in [0.1, 0.15) is 23.1 Å². The number of hydrogen-bond acceptors (Lipinski definition) is 6. The summed E-state index contributed by atoms with van der Waals surface area (Å²) in [6, 6.07) is 12.3. The fraction of sp³-hybridized carbons (Fsp3) is 0.517. The second-order valence-electron chi connectivity index (χ2n) is 11.0. The molecule has 36 heavy (non-hydrogen) atoms. The first-order chi connectivity index (χ1) is 16.9. The first kappa shape index (κ1) is 27.5. The molecule has 1 heterocycles. The van der Waals surface area contributed by atoms with E-state index in [9.17, 15) is 19.8 Å². The van der Waals surface area contributed by atoms with Crippen LogP contribution >= 0.6 is 0 Å². The van der Waals surface area contributed by atoms with Gasteiger partial charge in [0, 0.05) is 19.2 Å². The molecule has 1 aliphatic heterocycles. The van der Waals surface area contributed by atoms with Gasteiger partial charge in [-0.1, -0.05) is 44.2 Å². The topological polar surface area (TPSA) is 99.1 Å². The second-order valence-corrected chi connectivity index (χ2v) is 11.0. The van der Waals surface area contributed by atoms with Crippen LogP contribution in [-0.4, -0.2) is 58.3 Å². The van der Waals surface area contributed by atoms with Crippen LogP contribution in [0.3, 0.4) is 0 Å². The summed E-state index contributed by atoms with van der Waals surface area (Å²) in [6.45, 7) is 11.3. The van der Waals surface area contributed by atoms with Crippen LogP contribution in [0, 0.1) is 5.92 Å². The molecular formula is C29H40N2O5. The van der Waals surface area contributed by atoms with Crippen molar-refractivity contribution in [2.24, 2.45) is 5.92 Å². The van der Waals surface area contributed by atoms with Gasteiger partial charge < -0.3 is 25.2 Å². The monoisotopic (exact) mass is 496 g/mol. The lowest BCUT2D eigenvalue weighted by Crippen LogP contribution is -2.46. The summed E-state index contributed by atoms with van der Waals surface area (Å²) in [4.78, 5) is 27.8. The molecule has 0 aliphatic carbocycles. The van der Waals surface area contributed by atoms with Gasteiger partial charge in [-0.3, -0.25) is 9.59 Å². The minimum Gasteiger partial charge on any atom is -0.508 e. The molecule has 3 rings (SSSR count). The molecule has 0 unspecified atom stereocenters. The van der Waals surface area contributed by atoms with Crippen molar-refractivity contribution >= 4 is 11.9 Å². The van der Waals surface area contributed by atoms with Gasteiger partial charge in [-0.15, -0.1) is 0 Å². The molecule has 0 radical (unpaired) electrons. The van der Waals surface area contributed by atoms with E-state index in [0.29, 0.717) is 37.5 Å². The maximum atomic E-state index is 13.1. The normalized spacial score (nSPS) is 15.7. The van der Waals surface area contributed by atoms with E-state index in [1.54, 1.807) is 11.0 Å². The summed E-state index contributed by atoms with van der Waals surface area (Å²) in [7, 11) is 0. The predicted octanol–water partition coefficient (Wildman–Crippen LogP) is 4.62. The van der Waals surface area contributed by atoms with Gasteiger partial charge in [0.05, 0.1) is 5.56 Å². The van der Waals surface area contributed by atoms with Crippen LogP contribution in [0.25, 0.3) is 0 Å². The van der Waals surface area contributed by atoms with Crippen molar-refractivity contribution < 1.29 is 24.5 Å². The first-order valence-electron chi connectivity index (χ1n) is 12.8. The number of ether oxygens (including phenoxy) is 1. The Morgan fingerprint density at radius 3 is 2.28 bits per heavy atom. The largest absolute Gasteiger partial charge is 0.508 e. The Balaban J connectivity index is 1.59. The Labute approximate surface area is 214 Å². The summed E-state index contributed by atoms with van der Waals surface area (Å²) in [5.74, 6) is -0.345. The lowest BCUT2D eigenvalue weighted by Gasteiger charge is -2.33. The minimum atomic E-state index is -0.561. The molecule has 1 atom stereocenters. The Morgan fingerprint density at radius 1 is 1.06 bits per heavy atom. The third-order valence-corrected chi connectivity index (χ3v) is 6.53. The van der Waals surface area contributed by atoms with Gasteiger partial charge in [-0.2, -0.15) is 0 Å². The number of benzene rings is 2. The van der Waals surface area contributed by atoms with Gasteiger partial charge in [-0.05, 0) is 75.6 Å². The van der Waals surface area contributed by atoms with E-state index in [1.165, 1.54) is 6.07 Å². The van der Waals surface area contributed by atoms with Gasteiger partial charge in [0.25, 0.3) is 5.91 Å². The predicted molar refractivity (Wildman–Crippen MR) is 140 cm³/mol. The smallest absolute Gasteiger partial charge is 0.323 e. The molecule has 1 fully saturated rings. The highest BCUT2D eigenvalue weighted by atomic mass is 16.6. The quantitative estimate of drug-likeness (QED) is 0.462. The molecule has 2 aromatic rings. The van der Waals surface area contributed by atoms with Gasteiger partial charge in [-0.25, -0.2) is 0 Å². The molecular weight excluding hydrogens is 456 g/mol. The summed E-state index contributed by atoms with van der Waals surface area (Å²) >= 11 is 0. The summed E-state index contributed by atoms with van der Waals surface area (Å²) < 4.78 is 5.66. The van der Waals surface area contributed by atoms with Crippen LogP contribution in [0.5, 0.6) is 11.5 Å². The van der Waals surface area contributed by atoms with Crippen LogP contribution in [0.1, 0.15) is 74.9 Å². The van der Waals surface area contributed by atoms with Crippen molar-refractivity contribution in [3.05, 3.63) is 59.2 Å². The summed E-state index contributed by atoms with van der Waals surface area (Å²) in [6.07, 6.45) is 2.13. The Kier molecular flexibility index (Phi) is 9.01. The number of likely N-dealkylation sites (tertiary alicyclic amines) is 1. The molecule has 2 aromatic carbocycles. The van der Waals surface area contributed by atoms with Gasteiger partial charge in [0.15, 0.2) is 0 Å². The number of piperidine rings is 1. The lowest BCUT2D eigenvalue weighted by molar-refractivity contribution is -0.157. The average Bonchev–Trinajstić information content (AvgIpc) is 2.81. The van der Waals surface area contributed by atoms with E-state index in [0.717, 1.165) is 18.4 Å². The van der Waals surface area contributed by atoms with Crippen molar-refractivity contribution in [2.45, 2.75) is 71.4 Å². The maximum Gasteiger partial charge on any atom is 0.323 e. The zero-order valence-electron chi connectivity index (χ0n) is 22.1. The Bertz CT molecular complexity index is 1040. The van der Waals surface area contributed by atoms with E-state index < -0.39 is 11.6 Å². The van der Waals surface area contributed by atoms with Crippen LogP contribution in [0.2, 0.25) is 0 Å². The number of amides is 1. The van der Waals surface area contributed by atoms with E-state index in [2.05, 4.69) is 5.32 Å². The zero-order chi connectivity index (χ0) is 26.5. The summed E-state index contributed by atoms with van der Waals surface area (Å²) in [5.41, 5.74) is 1.37. The van der Waals surface area contributed by atoms with Crippen molar-refractivity contribution in [2.75, 3.05) is 19.6 Å². The number of phenols is 2. The highest BCUT2D eigenvalue weighted by Gasteiger charge is 2.29. The number of hydrogen-bond donors (Lipinski definition) is 3. The standard InChI is InChI=1S/C29H40N2O5/c1-19(2)22-16-23(26(33)17-25(22)32)27(34)31-13-11-21(12-14-31)18-30-24(28(35)36-29(3,4)5)15-20-9-7-6-8-10-20/h6-10,16-17,19,21,24,30,32-33H,11-15,18H2,1-5H3/t24-/m0/s1. The minimum absolute atomic E-state index is 0.00104. The van der Waals surface area contributed by atoms with Crippen LogP contribution in [0.4, 0.5) is 0 Å². The van der Waals surface area contributed by atoms with E-state index in [1.807, 2.05) is 65.0 Å². The molecule has 0 spiro atoms. The average molecular weight is 497 g/mol. The van der Waals surface area contributed by atoms with E-state index in [4.69, 9.17) is 4.74 Å². The molecule has 0 aromatic heterocycles. The number of carbonyl (C=O) groups excluding carboxylic acids is 2. The molecule has 1 amide bonds. The SMILES string of the molecule is CC(C)c1cc(C(=O)N2CCC(CN[C@@H](Cc3ccccc3)C(=O)OC(C)(C)C)CC2)c(O)cc1O. The van der Waals surface area contributed by atoms with Gasteiger partial charge >= 0.3 is 5.97 Å². The number of aromatic hydroxyl groups is 2. The number of nitrogens with one attached hydrogen (secondary N) is 1. The van der Waals surface area contributed by atoms with Crippen molar-refractivity contribution in [3.8, 4) is 11.5 Å². The molecule has 1 saturated heterocycles. The number of rotatable bonds is 8. The fourth-order valence-corrected chi connectivity index (χ4v) is 4.51. The molecule has 1 aliphatic rings. The molecule has 196 valence electrons. The highest BCUT2D eigenvalue weighted by molar-refractivity contribution is 5.97. The molecule has 0 bridgehead atoms. The third-order valence-electron chi connectivity index (χ3n) is 6.53. The molecule has 7 nitrogen and oxygen atoms in total. The van der Waals surface area contributed by atoms with Crippen molar-refractivity contribution in [3.63, 3.8) is 0 Å². The first-order valence-corrected chi connectivity index (χ1v) is 12.8. The third kappa shape index (κ3) is 7.47. The number of phenolic OH excluding ortho intramolecular Hbond substituents is 2. The number of nitrogens with zero attached hydrogens (tertiary/aromatic N) is 1. The fourth-order valence-electron chi connectivity index (χ4n) is 4.51. The molecule has 3 N–H and O–H groups in total. The molecule has 7 heteroatoms. The molecule has 0 saturated carbocycles. The van der Waals surface area contributed by atoms with Crippen molar-refractivity contribution in [1.29, 1.82) is 0 Å². The zero-order valence-corrected chi connectivity index (χ0v) is 22.1. The van der Waals surface area contributed by atoms with Crippen molar-refractivity contribution in [1.82, 2.24) is 10.2 Å². The van der Waals surface area contributed by atoms with Crippen LogP contribution in [-0.2, 0) is 16.0 Å². The van der Waals surface area contributed by atoms with E-state index >= 15 is 0 Å². The highest BCUT2D eigenvalue weighted by Crippen LogP contribution is 2.33. The number of carbonyl (C=O) groups is 2. The number of esters is 1. The van der Waals surface area contributed by atoms with Crippen LogP contribution < -0.4 is 5.32 Å². The second kappa shape index (κ2) is 11.8.